The van der Waals surface area contributed by atoms with Gasteiger partial charge in [0.05, 0.1) is 0 Å². The van der Waals surface area contributed by atoms with Crippen LogP contribution in [-0.2, 0) is 11.1 Å². The zero-order chi connectivity index (χ0) is 10.3. The summed E-state index contributed by atoms with van der Waals surface area (Å²) in [6.45, 7) is 6.74. The first kappa shape index (κ1) is 13.1. The van der Waals surface area contributed by atoms with E-state index >= 15 is 0 Å². The zero-order valence-electron chi connectivity index (χ0n) is 9.01. The Morgan fingerprint density at radius 1 is 1.08 bits per heavy atom. The molecule has 0 rings (SSSR count). The Morgan fingerprint density at radius 3 is 2.08 bits per heavy atom. The maximum Gasteiger partial charge on any atom is 0.152 e. The fraction of sp³-hybridized carbons (Fsp3) is 1.00. The molecule has 0 saturated carbocycles. The Hall–Kier alpha value is 0.110. The molecule has 80 valence electrons. The molecule has 1 N–H and O–H groups in total. The van der Waals surface area contributed by atoms with Gasteiger partial charge in [0.2, 0.25) is 0 Å². The Kier molecular flexibility index (Phi) is 6.60. The van der Waals surface area contributed by atoms with Gasteiger partial charge in [-0.05, 0) is 18.3 Å². The van der Waals surface area contributed by atoms with E-state index in [1.807, 2.05) is 0 Å². The normalized spacial score (nSPS) is 14.5. The van der Waals surface area contributed by atoms with Gasteiger partial charge in [-0.1, -0.05) is 40.0 Å². The summed E-state index contributed by atoms with van der Waals surface area (Å²) in [6, 6.07) is 0. The van der Waals surface area contributed by atoms with E-state index in [9.17, 15) is 4.21 Å². The van der Waals surface area contributed by atoms with Crippen LogP contribution >= 0.6 is 0 Å². The molecule has 0 aliphatic carbocycles. The average Bonchev–Trinajstić information content (AvgIpc) is 1.93. The van der Waals surface area contributed by atoms with Gasteiger partial charge in [-0.25, -0.2) is 4.21 Å². The molecular weight excluding hydrogens is 184 g/mol. The van der Waals surface area contributed by atoms with Crippen molar-refractivity contribution in [3.8, 4) is 0 Å². The summed E-state index contributed by atoms with van der Waals surface area (Å²) < 4.78 is 18.8. The van der Waals surface area contributed by atoms with Crippen LogP contribution in [-0.4, -0.2) is 14.5 Å². The van der Waals surface area contributed by atoms with E-state index in [0.29, 0.717) is 11.2 Å². The van der Waals surface area contributed by atoms with Crippen LogP contribution in [0.25, 0.3) is 0 Å². The molecule has 0 aromatic heterocycles. The lowest BCUT2D eigenvalue weighted by Gasteiger charge is -2.17. The Labute approximate surface area is 84.4 Å². The molecule has 0 saturated heterocycles. The monoisotopic (exact) mass is 206 g/mol. The summed E-state index contributed by atoms with van der Waals surface area (Å²) in [7, 11) is 0. The minimum absolute atomic E-state index is 0.430. The van der Waals surface area contributed by atoms with E-state index in [2.05, 4.69) is 20.8 Å². The lowest BCUT2D eigenvalue weighted by Crippen LogP contribution is -2.04. The molecule has 0 radical (unpaired) electrons. The number of hydrogen-bond acceptors (Lipinski definition) is 1. The summed E-state index contributed by atoms with van der Waals surface area (Å²) >= 11 is -1.59. The van der Waals surface area contributed by atoms with Gasteiger partial charge in [0.1, 0.15) is 0 Å². The maximum atomic E-state index is 10.3. The molecule has 2 nitrogen and oxygen atoms in total. The summed E-state index contributed by atoms with van der Waals surface area (Å²) in [5.41, 5.74) is 0.430. The lowest BCUT2D eigenvalue weighted by atomic mass is 9.89. The molecule has 0 aromatic carbocycles. The second-order valence-electron chi connectivity index (χ2n) is 4.75. The Morgan fingerprint density at radius 2 is 1.62 bits per heavy atom. The van der Waals surface area contributed by atoms with Crippen molar-refractivity contribution < 1.29 is 8.76 Å². The molecule has 0 fully saturated rings. The van der Waals surface area contributed by atoms with E-state index in [1.165, 1.54) is 19.3 Å². The van der Waals surface area contributed by atoms with Crippen LogP contribution in [0.4, 0.5) is 0 Å². The van der Waals surface area contributed by atoms with Gasteiger partial charge in [0.15, 0.2) is 11.1 Å². The molecule has 13 heavy (non-hydrogen) atoms. The van der Waals surface area contributed by atoms with Crippen molar-refractivity contribution in [3.05, 3.63) is 0 Å². The molecule has 0 bridgehead atoms. The van der Waals surface area contributed by atoms with E-state index in [1.54, 1.807) is 0 Å². The van der Waals surface area contributed by atoms with Gasteiger partial charge in [-0.2, -0.15) is 0 Å². The van der Waals surface area contributed by atoms with Gasteiger partial charge < -0.3 is 4.55 Å². The summed E-state index contributed by atoms with van der Waals surface area (Å²) in [6.07, 6.45) is 5.64. The summed E-state index contributed by atoms with van der Waals surface area (Å²) in [4.78, 5) is 0. The van der Waals surface area contributed by atoms with E-state index < -0.39 is 11.1 Å². The highest BCUT2D eigenvalue weighted by molar-refractivity contribution is 7.79. The van der Waals surface area contributed by atoms with Crippen molar-refractivity contribution in [1.29, 1.82) is 0 Å². The molecule has 0 amide bonds. The van der Waals surface area contributed by atoms with Crippen molar-refractivity contribution in [2.24, 2.45) is 5.41 Å². The highest BCUT2D eigenvalue weighted by atomic mass is 32.2. The second-order valence-corrected chi connectivity index (χ2v) is 5.80. The van der Waals surface area contributed by atoms with Crippen LogP contribution < -0.4 is 0 Å². The van der Waals surface area contributed by atoms with Gasteiger partial charge in [0, 0.05) is 5.75 Å². The van der Waals surface area contributed by atoms with Gasteiger partial charge in [-0.15, -0.1) is 0 Å². The highest BCUT2D eigenvalue weighted by Crippen LogP contribution is 2.22. The topological polar surface area (TPSA) is 37.3 Å². The second kappa shape index (κ2) is 6.55. The molecule has 0 aliphatic heterocycles. The maximum absolute atomic E-state index is 10.3. The van der Waals surface area contributed by atoms with Crippen LogP contribution in [0.15, 0.2) is 0 Å². The number of hydrogen-bond donors (Lipinski definition) is 1. The van der Waals surface area contributed by atoms with Crippen LogP contribution in [0, 0.1) is 5.41 Å². The third kappa shape index (κ3) is 12.1. The van der Waals surface area contributed by atoms with Crippen LogP contribution in [0.1, 0.15) is 52.9 Å². The summed E-state index contributed by atoms with van der Waals surface area (Å²) in [5, 5.41) is 0. The largest absolute Gasteiger partial charge is 0.306 e. The minimum atomic E-state index is -1.59. The van der Waals surface area contributed by atoms with Crippen molar-refractivity contribution in [2.45, 2.75) is 52.9 Å². The van der Waals surface area contributed by atoms with Crippen molar-refractivity contribution in [1.82, 2.24) is 0 Å². The lowest BCUT2D eigenvalue weighted by molar-refractivity contribution is 0.357. The highest BCUT2D eigenvalue weighted by Gasteiger charge is 2.08. The summed E-state index contributed by atoms with van der Waals surface area (Å²) in [5.74, 6) is 0.440. The van der Waals surface area contributed by atoms with Gasteiger partial charge in [-0.3, -0.25) is 0 Å². The minimum Gasteiger partial charge on any atom is -0.306 e. The van der Waals surface area contributed by atoms with E-state index in [-0.39, 0.29) is 0 Å². The molecule has 0 heterocycles. The molecule has 1 atom stereocenters. The average molecular weight is 206 g/mol. The van der Waals surface area contributed by atoms with Crippen LogP contribution in [0.5, 0.6) is 0 Å². The van der Waals surface area contributed by atoms with Crippen molar-refractivity contribution in [3.63, 3.8) is 0 Å². The van der Waals surface area contributed by atoms with Crippen molar-refractivity contribution in [2.75, 3.05) is 5.75 Å². The molecule has 0 aliphatic rings. The van der Waals surface area contributed by atoms with Gasteiger partial charge in [0.25, 0.3) is 0 Å². The fourth-order valence-electron chi connectivity index (χ4n) is 1.23. The van der Waals surface area contributed by atoms with Crippen molar-refractivity contribution >= 4 is 11.1 Å². The first-order chi connectivity index (χ1) is 5.92. The van der Waals surface area contributed by atoms with E-state index in [4.69, 9.17) is 4.55 Å². The third-order valence-corrected chi connectivity index (χ3v) is 2.63. The smallest absolute Gasteiger partial charge is 0.152 e. The zero-order valence-corrected chi connectivity index (χ0v) is 9.82. The quantitative estimate of drug-likeness (QED) is 0.535. The standard InChI is InChI=1S/C10H22O2S/c1-10(2,3)8-6-4-5-7-9-13(11)12/h4-9H2,1-3H3,(H,11,12). The predicted octanol–water partition coefficient (Wildman–Crippen LogP) is 3.20. The Bertz CT molecular complexity index is 149. The Balaban J connectivity index is 3.13. The van der Waals surface area contributed by atoms with Crippen LogP contribution in [0.3, 0.4) is 0 Å². The first-order valence-electron chi connectivity index (χ1n) is 4.99. The molecule has 0 spiro atoms. The molecular formula is C10H22O2S. The fourth-order valence-corrected chi connectivity index (χ4v) is 1.69. The van der Waals surface area contributed by atoms with Gasteiger partial charge >= 0.3 is 0 Å². The molecule has 0 aromatic rings. The molecule has 1 unspecified atom stereocenters. The predicted molar refractivity (Wildman–Crippen MR) is 58.2 cm³/mol. The number of unbranched alkanes of at least 4 members (excludes halogenated alkanes) is 3. The third-order valence-electron chi connectivity index (χ3n) is 2.00. The molecule has 3 heteroatoms. The SMILES string of the molecule is CC(C)(C)CCCCCCS(=O)O. The first-order valence-corrected chi connectivity index (χ1v) is 6.27. The number of rotatable bonds is 6. The van der Waals surface area contributed by atoms with Crippen LogP contribution in [0.2, 0.25) is 0 Å². The van der Waals surface area contributed by atoms with E-state index in [0.717, 1.165) is 12.8 Å².